The summed E-state index contributed by atoms with van der Waals surface area (Å²) in [5.41, 5.74) is 2.97. The van der Waals surface area contributed by atoms with E-state index in [1.807, 2.05) is 12.1 Å². The van der Waals surface area contributed by atoms with Crippen LogP contribution in [0.3, 0.4) is 0 Å². The Morgan fingerprint density at radius 2 is 1.84 bits per heavy atom. The Hall–Kier alpha value is -2.13. The smallest absolute Gasteiger partial charge is 0.337 e. The second-order valence-electron chi connectivity index (χ2n) is 8.05. The molecule has 0 bridgehead atoms. The summed E-state index contributed by atoms with van der Waals surface area (Å²) in [5.74, 6) is 0.519. The third kappa shape index (κ3) is 7.78. The van der Waals surface area contributed by atoms with E-state index in [0.29, 0.717) is 24.2 Å². The molecule has 7 heteroatoms. The van der Waals surface area contributed by atoms with Crippen LogP contribution in [0.1, 0.15) is 48.2 Å². The lowest BCUT2D eigenvalue weighted by molar-refractivity contribution is 0.0600. The van der Waals surface area contributed by atoms with E-state index in [1.54, 1.807) is 12.1 Å². The molecule has 2 unspecified atom stereocenters. The molecule has 174 valence electrons. The number of guanidine groups is 1. The summed E-state index contributed by atoms with van der Waals surface area (Å²) in [4.78, 5) is 18.9. The monoisotopic (exact) mass is 550 g/mol. The lowest BCUT2D eigenvalue weighted by Crippen LogP contribution is -2.51. The zero-order valence-corrected chi connectivity index (χ0v) is 21.5. The maximum atomic E-state index is 11.6. The third-order valence-electron chi connectivity index (χ3n) is 5.72. The maximum Gasteiger partial charge on any atom is 0.337 e. The third-order valence-corrected chi connectivity index (χ3v) is 5.72. The van der Waals surface area contributed by atoms with Crippen molar-refractivity contribution in [3.05, 3.63) is 71.3 Å². The quantitative estimate of drug-likeness (QED) is 0.234. The lowest BCUT2D eigenvalue weighted by Gasteiger charge is -2.38. The van der Waals surface area contributed by atoms with Crippen molar-refractivity contribution in [1.29, 1.82) is 0 Å². The maximum absolute atomic E-state index is 11.6. The van der Waals surface area contributed by atoms with Gasteiger partial charge in [-0.05, 0) is 49.9 Å². The lowest BCUT2D eigenvalue weighted by atomic mass is 9.97. The summed E-state index contributed by atoms with van der Waals surface area (Å²) in [6.45, 7) is 7.83. The van der Waals surface area contributed by atoms with Gasteiger partial charge < -0.3 is 15.4 Å². The number of esters is 1. The molecule has 3 rings (SSSR count). The number of likely N-dealkylation sites (tertiary alicyclic amines) is 1. The second kappa shape index (κ2) is 13.4. The number of benzene rings is 2. The van der Waals surface area contributed by atoms with Crippen LogP contribution >= 0.6 is 24.0 Å². The van der Waals surface area contributed by atoms with Gasteiger partial charge in [0.1, 0.15) is 0 Å². The van der Waals surface area contributed by atoms with Gasteiger partial charge in [-0.1, -0.05) is 42.5 Å². The number of methoxy groups -OCH3 is 1. The summed E-state index contributed by atoms with van der Waals surface area (Å²) < 4.78 is 4.75. The molecule has 0 aromatic heterocycles. The zero-order chi connectivity index (χ0) is 22.1. The SMILES string of the molecule is CCNC(=NCc1ccc(C(=O)OC)cc1)NC1CCN(Cc2ccccc2)C(C)C1.I. The highest BCUT2D eigenvalue weighted by Gasteiger charge is 2.25. The Labute approximate surface area is 208 Å². The van der Waals surface area contributed by atoms with E-state index < -0.39 is 0 Å². The Bertz CT molecular complexity index is 858. The number of nitrogens with zero attached hydrogens (tertiary/aromatic N) is 2. The minimum atomic E-state index is -0.321. The van der Waals surface area contributed by atoms with Crippen LogP contribution < -0.4 is 10.6 Å². The van der Waals surface area contributed by atoms with Gasteiger partial charge in [0.05, 0.1) is 19.2 Å². The van der Waals surface area contributed by atoms with Crippen molar-refractivity contribution in [2.75, 3.05) is 20.2 Å². The minimum Gasteiger partial charge on any atom is -0.465 e. The molecule has 1 fully saturated rings. The van der Waals surface area contributed by atoms with Crippen LogP contribution in [0.2, 0.25) is 0 Å². The molecule has 0 amide bonds. The molecular weight excluding hydrogens is 515 g/mol. The number of carbonyl (C=O) groups excluding carboxylic acids is 1. The molecule has 1 heterocycles. The van der Waals surface area contributed by atoms with E-state index in [2.05, 4.69) is 59.7 Å². The molecule has 2 atom stereocenters. The number of ether oxygens (including phenoxy) is 1. The molecule has 0 saturated carbocycles. The van der Waals surface area contributed by atoms with Crippen molar-refractivity contribution in [2.45, 2.75) is 51.9 Å². The van der Waals surface area contributed by atoms with E-state index in [1.165, 1.54) is 12.7 Å². The van der Waals surface area contributed by atoms with Crippen LogP contribution in [0.25, 0.3) is 0 Å². The molecule has 32 heavy (non-hydrogen) atoms. The first-order chi connectivity index (χ1) is 15.1. The molecule has 2 aromatic carbocycles. The van der Waals surface area contributed by atoms with Crippen LogP contribution in [0.15, 0.2) is 59.6 Å². The zero-order valence-electron chi connectivity index (χ0n) is 19.2. The van der Waals surface area contributed by atoms with Crippen molar-refractivity contribution >= 4 is 35.9 Å². The summed E-state index contributed by atoms with van der Waals surface area (Å²) in [6.07, 6.45) is 2.18. The highest BCUT2D eigenvalue weighted by molar-refractivity contribution is 14.0. The van der Waals surface area contributed by atoms with E-state index >= 15 is 0 Å². The molecule has 0 aliphatic carbocycles. The van der Waals surface area contributed by atoms with Crippen LogP contribution in [-0.2, 0) is 17.8 Å². The molecule has 2 aromatic rings. The topological polar surface area (TPSA) is 66.0 Å². The fourth-order valence-corrected chi connectivity index (χ4v) is 3.95. The molecule has 1 saturated heterocycles. The van der Waals surface area contributed by atoms with E-state index in [9.17, 15) is 4.79 Å². The van der Waals surface area contributed by atoms with Gasteiger partial charge in [-0.25, -0.2) is 9.79 Å². The molecule has 1 aliphatic heterocycles. The number of piperidine rings is 1. The molecule has 0 radical (unpaired) electrons. The van der Waals surface area contributed by atoms with Gasteiger partial charge >= 0.3 is 5.97 Å². The van der Waals surface area contributed by atoms with Gasteiger partial charge in [0.2, 0.25) is 0 Å². The Kier molecular flexibility index (Phi) is 11.0. The van der Waals surface area contributed by atoms with E-state index in [0.717, 1.165) is 44.0 Å². The van der Waals surface area contributed by atoms with Gasteiger partial charge in [0.15, 0.2) is 5.96 Å². The normalized spacial score (nSPS) is 19.0. The van der Waals surface area contributed by atoms with Gasteiger partial charge in [-0.2, -0.15) is 0 Å². The first-order valence-corrected chi connectivity index (χ1v) is 11.1. The number of nitrogens with one attached hydrogen (secondary N) is 2. The predicted molar refractivity (Wildman–Crippen MR) is 140 cm³/mol. The molecular formula is C25H35IN4O2. The van der Waals surface area contributed by atoms with Gasteiger partial charge in [0, 0.05) is 31.7 Å². The molecule has 1 aliphatic rings. The first-order valence-electron chi connectivity index (χ1n) is 11.1. The number of rotatable bonds is 7. The van der Waals surface area contributed by atoms with Crippen molar-refractivity contribution in [3.63, 3.8) is 0 Å². The predicted octanol–water partition coefficient (Wildman–Crippen LogP) is 4.20. The highest BCUT2D eigenvalue weighted by atomic mass is 127. The Morgan fingerprint density at radius 1 is 1.12 bits per heavy atom. The summed E-state index contributed by atoms with van der Waals surface area (Å²) in [5, 5.41) is 6.97. The number of carbonyl (C=O) groups is 1. The van der Waals surface area contributed by atoms with Crippen LogP contribution in [0.4, 0.5) is 0 Å². The number of hydrogen-bond acceptors (Lipinski definition) is 4. The van der Waals surface area contributed by atoms with Crippen molar-refractivity contribution in [1.82, 2.24) is 15.5 Å². The molecule has 0 spiro atoms. The van der Waals surface area contributed by atoms with Crippen LogP contribution in [0, 0.1) is 0 Å². The highest BCUT2D eigenvalue weighted by Crippen LogP contribution is 2.20. The Balaban J connectivity index is 0.00000363. The fraction of sp³-hybridized carbons (Fsp3) is 0.440. The van der Waals surface area contributed by atoms with E-state index in [4.69, 9.17) is 9.73 Å². The average molecular weight is 550 g/mol. The summed E-state index contributed by atoms with van der Waals surface area (Å²) in [6, 6.07) is 19.0. The average Bonchev–Trinajstić information content (AvgIpc) is 2.80. The minimum absolute atomic E-state index is 0. The number of hydrogen-bond donors (Lipinski definition) is 2. The number of halogens is 1. The summed E-state index contributed by atoms with van der Waals surface area (Å²) >= 11 is 0. The number of aliphatic imine (C=N–C) groups is 1. The van der Waals surface area contributed by atoms with Gasteiger partial charge in [-0.15, -0.1) is 24.0 Å². The summed E-state index contributed by atoms with van der Waals surface area (Å²) in [7, 11) is 1.39. The van der Waals surface area contributed by atoms with Gasteiger partial charge in [-0.3, -0.25) is 4.90 Å². The van der Waals surface area contributed by atoms with Gasteiger partial charge in [0.25, 0.3) is 0 Å². The second-order valence-corrected chi connectivity index (χ2v) is 8.05. The molecule has 6 nitrogen and oxygen atoms in total. The fourth-order valence-electron chi connectivity index (χ4n) is 3.95. The van der Waals surface area contributed by atoms with Crippen molar-refractivity contribution in [3.8, 4) is 0 Å². The van der Waals surface area contributed by atoms with E-state index in [-0.39, 0.29) is 29.9 Å². The largest absolute Gasteiger partial charge is 0.465 e. The Morgan fingerprint density at radius 3 is 2.47 bits per heavy atom. The van der Waals surface area contributed by atoms with Crippen LogP contribution in [-0.4, -0.2) is 49.1 Å². The van der Waals surface area contributed by atoms with Crippen LogP contribution in [0.5, 0.6) is 0 Å². The standard InChI is InChI=1S/C25H34N4O2.HI/c1-4-26-25(27-17-20-10-12-22(13-11-20)24(30)31-3)28-23-14-15-29(19(2)16-23)18-21-8-6-5-7-9-21;/h5-13,19,23H,4,14-18H2,1-3H3,(H2,26,27,28);1H. The van der Waals surface area contributed by atoms with Crippen molar-refractivity contribution in [2.24, 2.45) is 4.99 Å². The first kappa shape index (κ1) is 26.1. The van der Waals surface area contributed by atoms with Crippen molar-refractivity contribution < 1.29 is 9.53 Å². The molecule has 2 N–H and O–H groups in total.